The van der Waals surface area contributed by atoms with Gasteiger partial charge in [-0.15, -0.1) is 0 Å². The molecule has 0 unspecified atom stereocenters. The largest absolute Gasteiger partial charge is 0.493 e. The lowest BCUT2D eigenvalue weighted by Crippen LogP contribution is -2.17. The topological polar surface area (TPSA) is 59.9 Å². The number of nitrogens with zero attached hydrogens (tertiary/aromatic N) is 1. The Kier molecular flexibility index (Phi) is 9.52. The van der Waals surface area contributed by atoms with Crippen molar-refractivity contribution in [3.05, 3.63) is 23.8 Å². The van der Waals surface area contributed by atoms with Crippen molar-refractivity contribution in [3.63, 3.8) is 0 Å². The van der Waals surface area contributed by atoms with Gasteiger partial charge in [0.25, 0.3) is 0 Å². The van der Waals surface area contributed by atoms with Crippen LogP contribution in [0.4, 0.5) is 0 Å². The maximum atomic E-state index is 11.7. The number of hydrogen-bond donors (Lipinski definition) is 1. The Morgan fingerprint density at radius 1 is 1.13 bits per heavy atom. The third-order valence-corrected chi connectivity index (χ3v) is 3.58. The van der Waals surface area contributed by atoms with Gasteiger partial charge in [-0.3, -0.25) is 4.79 Å². The summed E-state index contributed by atoms with van der Waals surface area (Å²) in [7, 11) is 3.16. The van der Waals surface area contributed by atoms with Crippen LogP contribution in [0.25, 0.3) is 0 Å². The number of hydrogen-bond acceptors (Lipinski definition) is 4. The summed E-state index contributed by atoms with van der Waals surface area (Å²) in [6.45, 7) is 2.20. The Morgan fingerprint density at radius 3 is 2.57 bits per heavy atom. The minimum atomic E-state index is -0.0568. The summed E-state index contributed by atoms with van der Waals surface area (Å²) in [6, 6.07) is 5.51. The highest BCUT2D eigenvalue weighted by molar-refractivity contribution is 5.86. The predicted octanol–water partition coefficient (Wildman–Crippen LogP) is 3.90. The van der Waals surface area contributed by atoms with Gasteiger partial charge in [0, 0.05) is 12.0 Å². The smallest absolute Gasteiger partial charge is 0.240 e. The van der Waals surface area contributed by atoms with E-state index in [0.717, 1.165) is 18.4 Å². The van der Waals surface area contributed by atoms with Crippen LogP contribution in [-0.4, -0.2) is 26.3 Å². The zero-order valence-electron chi connectivity index (χ0n) is 14.4. The number of nitrogens with one attached hydrogen (secondary N) is 1. The van der Waals surface area contributed by atoms with E-state index in [1.54, 1.807) is 20.4 Å². The second kappa shape index (κ2) is 11.5. The third kappa shape index (κ3) is 7.17. The molecule has 0 bridgehead atoms. The lowest BCUT2D eigenvalue weighted by molar-refractivity contribution is -0.121. The van der Waals surface area contributed by atoms with E-state index in [0.29, 0.717) is 17.9 Å². The molecule has 0 heterocycles. The first-order valence-corrected chi connectivity index (χ1v) is 8.25. The number of rotatable bonds is 11. The van der Waals surface area contributed by atoms with Crippen molar-refractivity contribution < 1.29 is 14.3 Å². The van der Waals surface area contributed by atoms with Gasteiger partial charge in [-0.05, 0) is 18.6 Å². The summed E-state index contributed by atoms with van der Waals surface area (Å²) in [5, 5.41) is 3.99. The SMILES string of the molecule is CCCCCCCCC(=O)N/N=C\c1cccc(OC)c1OC. The van der Waals surface area contributed by atoms with Crippen LogP contribution in [0.15, 0.2) is 23.3 Å². The molecule has 1 N–H and O–H groups in total. The van der Waals surface area contributed by atoms with E-state index < -0.39 is 0 Å². The second-order valence-electron chi connectivity index (χ2n) is 5.39. The average Bonchev–Trinajstić information content (AvgIpc) is 2.57. The van der Waals surface area contributed by atoms with Crippen LogP contribution >= 0.6 is 0 Å². The molecule has 0 aliphatic heterocycles. The molecule has 0 saturated heterocycles. The molecule has 0 fully saturated rings. The molecule has 0 aliphatic carbocycles. The van der Waals surface area contributed by atoms with Crippen molar-refractivity contribution in [1.29, 1.82) is 0 Å². The Hall–Kier alpha value is -2.04. The molecule has 0 aromatic heterocycles. The highest BCUT2D eigenvalue weighted by atomic mass is 16.5. The Morgan fingerprint density at radius 2 is 1.87 bits per heavy atom. The summed E-state index contributed by atoms with van der Waals surface area (Å²) in [4.78, 5) is 11.7. The van der Waals surface area contributed by atoms with Crippen LogP contribution in [0.1, 0.15) is 57.4 Å². The first kappa shape index (κ1) is 19.0. The van der Waals surface area contributed by atoms with E-state index in [2.05, 4.69) is 17.5 Å². The monoisotopic (exact) mass is 320 g/mol. The van der Waals surface area contributed by atoms with E-state index in [4.69, 9.17) is 9.47 Å². The van der Waals surface area contributed by atoms with Gasteiger partial charge in [0.05, 0.1) is 20.4 Å². The minimum absolute atomic E-state index is 0.0568. The van der Waals surface area contributed by atoms with Crippen molar-refractivity contribution in [1.82, 2.24) is 5.43 Å². The first-order valence-electron chi connectivity index (χ1n) is 8.25. The van der Waals surface area contributed by atoms with Gasteiger partial charge in [-0.2, -0.15) is 5.10 Å². The summed E-state index contributed by atoms with van der Waals surface area (Å²) >= 11 is 0. The number of methoxy groups -OCH3 is 2. The fourth-order valence-electron chi connectivity index (χ4n) is 2.31. The molecule has 5 heteroatoms. The molecule has 128 valence electrons. The van der Waals surface area contributed by atoms with Crippen LogP contribution in [-0.2, 0) is 4.79 Å². The molecule has 0 saturated carbocycles. The van der Waals surface area contributed by atoms with Gasteiger partial charge < -0.3 is 9.47 Å². The average molecular weight is 320 g/mol. The number of ether oxygens (including phenoxy) is 2. The Balaban J connectivity index is 2.37. The molecule has 1 amide bonds. The number of para-hydroxylation sites is 1. The second-order valence-corrected chi connectivity index (χ2v) is 5.39. The molecular formula is C18H28N2O3. The minimum Gasteiger partial charge on any atom is -0.493 e. The zero-order chi connectivity index (χ0) is 16.9. The van der Waals surface area contributed by atoms with Gasteiger partial charge in [-0.25, -0.2) is 5.43 Å². The molecule has 1 aromatic rings. The van der Waals surface area contributed by atoms with E-state index in [9.17, 15) is 4.79 Å². The Bertz CT molecular complexity index is 501. The van der Waals surface area contributed by atoms with Crippen molar-refractivity contribution in [2.45, 2.75) is 51.9 Å². The molecule has 23 heavy (non-hydrogen) atoms. The van der Waals surface area contributed by atoms with E-state index in [1.807, 2.05) is 18.2 Å². The molecule has 0 atom stereocenters. The van der Waals surface area contributed by atoms with Crippen molar-refractivity contribution in [2.75, 3.05) is 14.2 Å². The highest BCUT2D eigenvalue weighted by Crippen LogP contribution is 2.29. The number of carbonyl (C=O) groups excluding carboxylic acids is 1. The van der Waals surface area contributed by atoms with Gasteiger partial charge >= 0.3 is 0 Å². The van der Waals surface area contributed by atoms with Crippen molar-refractivity contribution in [3.8, 4) is 11.5 Å². The Labute approximate surface area is 139 Å². The molecular weight excluding hydrogens is 292 g/mol. The summed E-state index contributed by atoms with van der Waals surface area (Å²) in [5.74, 6) is 1.18. The molecule has 5 nitrogen and oxygen atoms in total. The number of carbonyl (C=O) groups is 1. The van der Waals surface area contributed by atoms with Crippen molar-refractivity contribution >= 4 is 12.1 Å². The number of unbranched alkanes of at least 4 members (excludes halogenated alkanes) is 5. The normalized spacial score (nSPS) is 10.7. The van der Waals surface area contributed by atoms with Crippen LogP contribution in [0.5, 0.6) is 11.5 Å². The molecule has 0 radical (unpaired) electrons. The van der Waals surface area contributed by atoms with Gasteiger partial charge in [0.15, 0.2) is 11.5 Å². The molecule has 0 aliphatic rings. The quantitative estimate of drug-likeness (QED) is 0.382. The van der Waals surface area contributed by atoms with Crippen molar-refractivity contribution in [2.24, 2.45) is 5.10 Å². The molecule has 1 rings (SSSR count). The number of hydrazone groups is 1. The summed E-state index contributed by atoms with van der Waals surface area (Å²) in [6.07, 6.45) is 9.06. The summed E-state index contributed by atoms with van der Waals surface area (Å²) < 4.78 is 10.5. The first-order chi connectivity index (χ1) is 11.2. The lowest BCUT2D eigenvalue weighted by Gasteiger charge is -2.09. The fourth-order valence-corrected chi connectivity index (χ4v) is 2.31. The summed E-state index contributed by atoms with van der Waals surface area (Å²) in [5.41, 5.74) is 3.31. The van der Waals surface area contributed by atoms with Gasteiger partial charge in [0.1, 0.15) is 0 Å². The van der Waals surface area contributed by atoms with Crippen LogP contribution in [0.3, 0.4) is 0 Å². The zero-order valence-corrected chi connectivity index (χ0v) is 14.4. The van der Waals surface area contributed by atoms with Crippen LogP contribution < -0.4 is 14.9 Å². The highest BCUT2D eigenvalue weighted by Gasteiger charge is 2.07. The van der Waals surface area contributed by atoms with Gasteiger partial charge in [-0.1, -0.05) is 45.1 Å². The number of benzene rings is 1. The number of amides is 1. The maximum Gasteiger partial charge on any atom is 0.240 e. The standard InChI is InChI=1S/C18H28N2O3/c1-4-5-6-7-8-9-13-17(21)20-19-14-15-11-10-12-16(22-2)18(15)23-3/h10-12,14H,4-9,13H2,1-3H3,(H,20,21)/b19-14-. The maximum absolute atomic E-state index is 11.7. The van der Waals surface area contributed by atoms with Crippen LogP contribution in [0.2, 0.25) is 0 Å². The van der Waals surface area contributed by atoms with E-state index >= 15 is 0 Å². The van der Waals surface area contributed by atoms with E-state index in [1.165, 1.54) is 25.7 Å². The lowest BCUT2D eigenvalue weighted by atomic mass is 10.1. The van der Waals surface area contributed by atoms with E-state index in [-0.39, 0.29) is 5.91 Å². The van der Waals surface area contributed by atoms with Gasteiger partial charge in [0.2, 0.25) is 5.91 Å². The third-order valence-electron chi connectivity index (χ3n) is 3.58. The molecule has 1 aromatic carbocycles. The molecule has 0 spiro atoms. The van der Waals surface area contributed by atoms with Crippen LogP contribution in [0, 0.1) is 0 Å². The fraction of sp³-hybridized carbons (Fsp3) is 0.556. The predicted molar refractivity (Wildman–Crippen MR) is 93.3 cm³/mol.